The predicted octanol–water partition coefficient (Wildman–Crippen LogP) is 2.81. The van der Waals surface area contributed by atoms with Crippen molar-refractivity contribution in [3.8, 4) is 0 Å². The molecule has 3 rings (SSSR count). The number of benzene rings is 1. The minimum Gasteiger partial charge on any atom is -0.345 e. The summed E-state index contributed by atoms with van der Waals surface area (Å²) in [4.78, 5) is 4.40. The van der Waals surface area contributed by atoms with E-state index in [0.29, 0.717) is 5.95 Å². The lowest BCUT2D eigenvalue weighted by Crippen LogP contribution is -2.19. The van der Waals surface area contributed by atoms with E-state index in [9.17, 15) is 0 Å². The van der Waals surface area contributed by atoms with E-state index in [4.69, 9.17) is 11.6 Å². The lowest BCUT2D eigenvalue weighted by Gasteiger charge is -2.17. The van der Waals surface area contributed by atoms with Crippen LogP contribution in [0.2, 0.25) is 0 Å². The number of rotatable bonds is 2. The van der Waals surface area contributed by atoms with Gasteiger partial charge in [0.15, 0.2) is 0 Å². The monoisotopic (exact) mass is 274 g/mol. The third kappa shape index (κ3) is 2.28. The molecule has 0 amide bonds. The molecule has 1 N–H and O–H groups in total. The first-order valence-corrected chi connectivity index (χ1v) is 6.75. The van der Waals surface area contributed by atoms with E-state index >= 15 is 0 Å². The molecule has 98 valence electrons. The van der Waals surface area contributed by atoms with Crippen LogP contribution in [0.4, 0.5) is 5.95 Å². The Kier molecular flexibility index (Phi) is 3.11. The van der Waals surface area contributed by atoms with Crippen molar-refractivity contribution in [2.45, 2.75) is 31.7 Å². The fourth-order valence-corrected chi connectivity index (χ4v) is 2.74. The number of fused-ring (bicyclic) bond motifs is 1. The minimum atomic E-state index is 0.0163. The Hall–Kier alpha value is -1.68. The van der Waals surface area contributed by atoms with Crippen molar-refractivity contribution in [3.05, 3.63) is 46.8 Å². The summed E-state index contributed by atoms with van der Waals surface area (Å²) in [6.45, 7) is 3.82. The maximum absolute atomic E-state index is 6.43. The number of hydrogen-bond acceptors (Lipinski definition) is 4. The summed E-state index contributed by atoms with van der Waals surface area (Å²) in [5.41, 5.74) is 4.25. The maximum Gasteiger partial charge on any atom is 0.243 e. The van der Waals surface area contributed by atoms with Gasteiger partial charge in [0.25, 0.3) is 0 Å². The van der Waals surface area contributed by atoms with Crippen molar-refractivity contribution in [3.63, 3.8) is 0 Å². The molecule has 0 radical (unpaired) electrons. The molecule has 19 heavy (non-hydrogen) atoms. The van der Waals surface area contributed by atoms with Crippen LogP contribution >= 0.6 is 11.6 Å². The maximum atomic E-state index is 6.43. The van der Waals surface area contributed by atoms with Crippen LogP contribution in [-0.4, -0.2) is 20.6 Å². The smallest absolute Gasteiger partial charge is 0.243 e. The lowest BCUT2D eigenvalue weighted by atomic mass is 10.1. The quantitative estimate of drug-likeness (QED) is 0.856. The van der Waals surface area contributed by atoms with Crippen molar-refractivity contribution in [1.29, 1.82) is 0 Å². The van der Waals surface area contributed by atoms with Gasteiger partial charge in [0.1, 0.15) is 0 Å². The number of aryl methyl sites for hydroxylation is 2. The van der Waals surface area contributed by atoms with Gasteiger partial charge in [-0.25, -0.2) is 4.98 Å². The highest BCUT2D eigenvalue weighted by molar-refractivity contribution is 6.21. The molecule has 0 bridgehead atoms. The average molecular weight is 275 g/mol. The van der Waals surface area contributed by atoms with E-state index < -0.39 is 0 Å². The van der Waals surface area contributed by atoms with Gasteiger partial charge >= 0.3 is 0 Å². The van der Waals surface area contributed by atoms with E-state index in [0.717, 1.165) is 17.8 Å². The zero-order chi connectivity index (χ0) is 13.4. The number of halogens is 1. The highest BCUT2D eigenvalue weighted by Crippen LogP contribution is 2.36. The second-order valence-corrected chi connectivity index (χ2v) is 5.41. The second kappa shape index (κ2) is 4.78. The number of anilines is 1. The molecule has 1 aliphatic rings. The summed E-state index contributed by atoms with van der Waals surface area (Å²) in [6, 6.07) is 8.33. The second-order valence-electron chi connectivity index (χ2n) is 4.85. The summed E-state index contributed by atoms with van der Waals surface area (Å²) in [5.74, 6) is 0.537. The van der Waals surface area contributed by atoms with Gasteiger partial charge in [-0.1, -0.05) is 24.3 Å². The number of nitrogens with one attached hydrogen (secondary N) is 1. The van der Waals surface area contributed by atoms with Crippen LogP contribution in [-0.2, 0) is 6.42 Å². The Morgan fingerprint density at radius 2 is 1.95 bits per heavy atom. The summed E-state index contributed by atoms with van der Waals surface area (Å²) in [6.07, 6.45) is 0.869. The Morgan fingerprint density at radius 3 is 2.74 bits per heavy atom. The van der Waals surface area contributed by atoms with E-state index in [-0.39, 0.29) is 11.4 Å². The first-order valence-electron chi connectivity index (χ1n) is 6.31. The fraction of sp³-hybridized carbons (Fsp3) is 0.357. The Bertz CT molecular complexity index is 614. The van der Waals surface area contributed by atoms with Crippen molar-refractivity contribution >= 4 is 17.5 Å². The molecule has 1 aromatic heterocycles. The van der Waals surface area contributed by atoms with E-state index in [1.807, 2.05) is 26.0 Å². The lowest BCUT2D eigenvalue weighted by molar-refractivity contribution is 0.748. The molecule has 2 unspecified atom stereocenters. The molecular weight excluding hydrogens is 260 g/mol. The first kappa shape index (κ1) is 12.4. The van der Waals surface area contributed by atoms with Crippen molar-refractivity contribution in [2.75, 3.05) is 5.32 Å². The number of nitrogens with zero attached hydrogens (tertiary/aromatic N) is 3. The zero-order valence-electron chi connectivity index (χ0n) is 10.9. The fourth-order valence-electron chi connectivity index (χ4n) is 2.37. The van der Waals surface area contributed by atoms with Crippen LogP contribution in [0.3, 0.4) is 0 Å². The largest absolute Gasteiger partial charge is 0.345 e. The van der Waals surface area contributed by atoms with Crippen LogP contribution < -0.4 is 5.32 Å². The third-order valence-corrected chi connectivity index (χ3v) is 3.95. The third-order valence-electron chi connectivity index (χ3n) is 3.54. The summed E-state index contributed by atoms with van der Waals surface area (Å²) < 4.78 is 0. The van der Waals surface area contributed by atoms with Gasteiger partial charge in [0.05, 0.1) is 22.8 Å². The molecule has 0 saturated heterocycles. The van der Waals surface area contributed by atoms with Crippen LogP contribution in [0.1, 0.15) is 28.6 Å². The standard InChI is InChI=1S/C14H15ClN4/c1-8-9(2)18-19-14(16-8)17-13-11-6-4-3-5-10(11)7-12(13)15/h3-6,12-13H,7H2,1-2H3,(H,16,17,19). The zero-order valence-corrected chi connectivity index (χ0v) is 11.6. The molecule has 0 spiro atoms. The molecular formula is C14H15ClN4. The molecule has 5 heteroatoms. The summed E-state index contributed by atoms with van der Waals surface area (Å²) in [5, 5.41) is 11.5. The van der Waals surface area contributed by atoms with E-state index in [1.54, 1.807) is 0 Å². The van der Waals surface area contributed by atoms with Gasteiger partial charge in [0.2, 0.25) is 5.95 Å². The van der Waals surface area contributed by atoms with Gasteiger partial charge in [-0.05, 0) is 31.4 Å². The summed E-state index contributed by atoms with van der Waals surface area (Å²) >= 11 is 6.43. The predicted molar refractivity (Wildman–Crippen MR) is 75.5 cm³/mol. The first-order chi connectivity index (χ1) is 9.15. The van der Waals surface area contributed by atoms with Gasteiger partial charge in [-0.2, -0.15) is 5.10 Å². The minimum absolute atomic E-state index is 0.0163. The van der Waals surface area contributed by atoms with Crippen molar-refractivity contribution in [2.24, 2.45) is 0 Å². The molecule has 0 saturated carbocycles. The van der Waals surface area contributed by atoms with Crippen LogP contribution in [0, 0.1) is 13.8 Å². The molecule has 2 aromatic rings. The molecule has 0 fully saturated rings. The van der Waals surface area contributed by atoms with E-state index in [1.165, 1.54) is 11.1 Å². The number of hydrogen-bond donors (Lipinski definition) is 1. The van der Waals surface area contributed by atoms with Gasteiger partial charge < -0.3 is 5.32 Å². The number of alkyl halides is 1. The molecule has 1 heterocycles. The van der Waals surface area contributed by atoms with Gasteiger partial charge in [-0.3, -0.25) is 0 Å². The Morgan fingerprint density at radius 1 is 1.16 bits per heavy atom. The van der Waals surface area contributed by atoms with E-state index in [2.05, 4.69) is 32.6 Å². The average Bonchev–Trinajstić information content (AvgIpc) is 2.71. The van der Waals surface area contributed by atoms with Crippen LogP contribution in [0.15, 0.2) is 24.3 Å². The van der Waals surface area contributed by atoms with Crippen LogP contribution in [0.5, 0.6) is 0 Å². The van der Waals surface area contributed by atoms with Crippen molar-refractivity contribution < 1.29 is 0 Å². The highest BCUT2D eigenvalue weighted by Gasteiger charge is 2.31. The molecule has 1 aliphatic carbocycles. The summed E-state index contributed by atoms with van der Waals surface area (Å²) in [7, 11) is 0. The van der Waals surface area contributed by atoms with Gasteiger partial charge in [-0.15, -0.1) is 16.7 Å². The number of aromatic nitrogens is 3. The normalized spacial score (nSPS) is 21.2. The molecule has 1 aromatic carbocycles. The molecule has 0 aliphatic heterocycles. The van der Waals surface area contributed by atoms with Gasteiger partial charge in [0, 0.05) is 0 Å². The Labute approximate surface area is 117 Å². The molecule has 2 atom stereocenters. The SMILES string of the molecule is Cc1nnc(NC2c3ccccc3CC2Cl)nc1C. The molecule has 4 nitrogen and oxygen atoms in total. The Balaban J connectivity index is 1.89. The van der Waals surface area contributed by atoms with Crippen LogP contribution in [0.25, 0.3) is 0 Å². The topological polar surface area (TPSA) is 50.7 Å². The highest BCUT2D eigenvalue weighted by atomic mass is 35.5. The van der Waals surface area contributed by atoms with Crippen molar-refractivity contribution in [1.82, 2.24) is 15.2 Å².